The predicted molar refractivity (Wildman–Crippen MR) is 109 cm³/mol. The van der Waals surface area contributed by atoms with Crippen molar-refractivity contribution in [3.63, 3.8) is 0 Å². The molecule has 2 aromatic carbocycles. The number of hydrogen-bond acceptors (Lipinski definition) is 4. The summed E-state index contributed by atoms with van der Waals surface area (Å²) in [5.74, 6) is 0.192. The molecule has 0 N–H and O–H groups in total. The molecular formula is C22H26N2O2S. The number of hydrogen-bond donors (Lipinski definition) is 0. The van der Waals surface area contributed by atoms with Crippen molar-refractivity contribution >= 4 is 17.7 Å². The topological polar surface area (TPSA) is 32.8 Å². The Morgan fingerprint density at radius 1 is 1.07 bits per heavy atom. The highest BCUT2D eigenvalue weighted by Gasteiger charge is 2.57. The Hall–Kier alpha value is -1.82. The van der Waals surface area contributed by atoms with Gasteiger partial charge in [-0.1, -0.05) is 60.7 Å². The number of likely N-dealkylation sites (tertiary alicyclic amines) is 1. The summed E-state index contributed by atoms with van der Waals surface area (Å²) in [6.45, 7) is 5.41. The molecule has 0 radical (unpaired) electrons. The largest absolute Gasteiger partial charge is 0.359 e. The summed E-state index contributed by atoms with van der Waals surface area (Å²) in [6, 6.07) is 20.5. The Morgan fingerprint density at radius 2 is 1.70 bits per heavy atom. The molecular weight excluding hydrogens is 356 g/mol. The maximum Gasteiger partial charge on any atom is 0.244 e. The van der Waals surface area contributed by atoms with Crippen LogP contribution in [0.5, 0.6) is 0 Å². The van der Waals surface area contributed by atoms with Crippen LogP contribution in [0.25, 0.3) is 0 Å². The van der Waals surface area contributed by atoms with Crippen molar-refractivity contribution in [2.24, 2.45) is 0 Å². The zero-order chi connectivity index (χ0) is 19.0. The zero-order valence-corrected chi connectivity index (χ0v) is 16.9. The van der Waals surface area contributed by atoms with Crippen molar-refractivity contribution in [2.75, 3.05) is 12.9 Å². The van der Waals surface area contributed by atoms with Crippen LogP contribution < -0.4 is 0 Å². The molecule has 4 nitrogen and oxygen atoms in total. The summed E-state index contributed by atoms with van der Waals surface area (Å²) < 4.78 is 6.12. The van der Waals surface area contributed by atoms with Gasteiger partial charge in [0, 0.05) is 6.54 Å². The lowest BCUT2D eigenvalue weighted by molar-refractivity contribution is -0.167. The minimum Gasteiger partial charge on any atom is -0.359 e. The first-order valence-corrected chi connectivity index (χ1v) is 10.7. The molecule has 2 heterocycles. The Kier molecular flexibility index (Phi) is 5.01. The van der Waals surface area contributed by atoms with E-state index < -0.39 is 5.72 Å². The fourth-order valence-corrected chi connectivity index (χ4v) is 5.18. The maximum atomic E-state index is 13.2. The fraction of sp³-hybridized carbons (Fsp3) is 0.409. The number of benzene rings is 2. The van der Waals surface area contributed by atoms with E-state index in [2.05, 4.69) is 61.4 Å². The lowest BCUT2D eigenvalue weighted by Gasteiger charge is -2.53. The van der Waals surface area contributed by atoms with Crippen LogP contribution in [0, 0.1) is 0 Å². The van der Waals surface area contributed by atoms with E-state index in [4.69, 9.17) is 4.74 Å². The molecule has 0 saturated carbocycles. The number of nitrogens with zero attached hydrogens (tertiary/aromatic N) is 2. The Morgan fingerprint density at radius 3 is 2.33 bits per heavy atom. The van der Waals surface area contributed by atoms with Crippen molar-refractivity contribution in [2.45, 2.75) is 43.6 Å². The zero-order valence-electron chi connectivity index (χ0n) is 16.0. The maximum absolute atomic E-state index is 13.2. The lowest BCUT2D eigenvalue weighted by atomic mass is 9.96. The van der Waals surface area contributed by atoms with Crippen LogP contribution in [-0.4, -0.2) is 45.7 Å². The second-order valence-corrected chi connectivity index (χ2v) is 8.57. The van der Waals surface area contributed by atoms with Gasteiger partial charge in [-0.2, -0.15) is 0 Å². The SMILES string of the molecule is CS[C@@H]1[C@H](N2[C@@H](c3ccccc3)COC2(C)C)C(=O)N1Cc1ccccc1. The number of β-lactam (4-membered cyclic amide) rings is 1. The number of carbonyl (C=O) groups excluding carboxylic acids is 1. The summed E-state index contributed by atoms with van der Waals surface area (Å²) in [5.41, 5.74) is 1.91. The van der Waals surface area contributed by atoms with E-state index in [1.807, 2.05) is 29.2 Å². The normalized spacial score (nSPS) is 27.6. The molecule has 142 valence electrons. The predicted octanol–water partition coefficient (Wildman–Crippen LogP) is 3.90. The van der Waals surface area contributed by atoms with E-state index in [0.717, 1.165) is 0 Å². The molecule has 3 atom stereocenters. The molecule has 2 saturated heterocycles. The van der Waals surface area contributed by atoms with Gasteiger partial charge in [0.1, 0.15) is 17.1 Å². The summed E-state index contributed by atoms with van der Waals surface area (Å²) in [6.07, 6.45) is 2.09. The third-order valence-electron chi connectivity index (χ3n) is 5.59. The highest BCUT2D eigenvalue weighted by molar-refractivity contribution is 7.99. The summed E-state index contributed by atoms with van der Waals surface area (Å²) in [4.78, 5) is 17.5. The second-order valence-electron chi connectivity index (χ2n) is 7.61. The van der Waals surface area contributed by atoms with Gasteiger partial charge >= 0.3 is 0 Å². The first-order chi connectivity index (χ1) is 13.0. The Balaban J connectivity index is 1.60. The number of ether oxygens (including phenoxy) is 1. The molecule has 27 heavy (non-hydrogen) atoms. The number of thioether (sulfide) groups is 1. The van der Waals surface area contributed by atoms with Crippen LogP contribution >= 0.6 is 11.8 Å². The van der Waals surface area contributed by atoms with Crippen molar-refractivity contribution in [3.8, 4) is 0 Å². The molecule has 0 spiro atoms. The van der Waals surface area contributed by atoms with Crippen LogP contribution in [-0.2, 0) is 16.1 Å². The molecule has 2 aliphatic heterocycles. The average molecular weight is 383 g/mol. The molecule has 0 bridgehead atoms. The number of rotatable bonds is 5. The van der Waals surface area contributed by atoms with E-state index in [1.54, 1.807) is 11.8 Å². The smallest absolute Gasteiger partial charge is 0.244 e. The average Bonchev–Trinajstić information content (AvgIpc) is 3.00. The lowest BCUT2D eigenvalue weighted by Crippen LogP contribution is -2.71. The van der Waals surface area contributed by atoms with E-state index in [0.29, 0.717) is 13.2 Å². The quantitative estimate of drug-likeness (QED) is 0.735. The summed E-state index contributed by atoms with van der Waals surface area (Å²) in [5, 5.41) is 0.130. The molecule has 2 fully saturated rings. The van der Waals surface area contributed by atoms with Crippen molar-refractivity contribution in [3.05, 3.63) is 71.8 Å². The molecule has 4 rings (SSSR count). The summed E-state index contributed by atoms with van der Waals surface area (Å²) >= 11 is 1.74. The fourth-order valence-electron chi connectivity index (χ4n) is 4.24. The van der Waals surface area contributed by atoms with Crippen molar-refractivity contribution < 1.29 is 9.53 Å². The molecule has 0 aromatic heterocycles. The molecule has 0 unspecified atom stereocenters. The van der Waals surface area contributed by atoms with Gasteiger partial charge in [-0.3, -0.25) is 9.69 Å². The highest BCUT2D eigenvalue weighted by atomic mass is 32.2. The van der Waals surface area contributed by atoms with E-state index in [1.165, 1.54) is 11.1 Å². The Labute approximate surface area is 165 Å². The van der Waals surface area contributed by atoms with Crippen LogP contribution in [0.3, 0.4) is 0 Å². The summed E-state index contributed by atoms with van der Waals surface area (Å²) in [7, 11) is 0. The number of amides is 1. The van der Waals surface area contributed by atoms with Gasteiger partial charge in [0.05, 0.1) is 12.6 Å². The molecule has 2 aromatic rings. The third kappa shape index (κ3) is 3.28. The Bertz CT molecular complexity index is 796. The van der Waals surface area contributed by atoms with Crippen LogP contribution in [0.2, 0.25) is 0 Å². The molecule has 5 heteroatoms. The highest BCUT2D eigenvalue weighted by Crippen LogP contribution is 2.45. The minimum absolute atomic E-state index is 0.101. The van der Waals surface area contributed by atoms with Crippen LogP contribution in [0.1, 0.15) is 31.0 Å². The van der Waals surface area contributed by atoms with Gasteiger partial charge in [0.25, 0.3) is 0 Å². The molecule has 1 amide bonds. The second kappa shape index (κ2) is 7.30. The molecule has 2 aliphatic rings. The van der Waals surface area contributed by atoms with Gasteiger partial charge in [0.15, 0.2) is 0 Å². The standard InChI is InChI=1S/C22H26N2O2S/c1-22(2)24(18(15-26-22)17-12-8-5-9-13-17)19-20(25)23(21(19)27-3)14-16-10-6-4-7-11-16/h4-13,18-19,21H,14-15H2,1-3H3/t18-,19-,21-/m1/s1. The van der Waals surface area contributed by atoms with E-state index in [9.17, 15) is 4.79 Å². The van der Waals surface area contributed by atoms with Gasteiger partial charge < -0.3 is 9.64 Å². The number of carbonyl (C=O) groups is 1. The van der Waals surface area contributed by atoms with Gasteiger partial charge in [0.2, 0.25) is 5.91 Å². The van der Waals surface area contributed by atoms with Crippen LogP contribution in [0.4, 0.5) is 0 Å². The van der Waals surface area contributed by atoms with Gasteiger partial charge in [-0.15, -0.1) is 11.8 Å². The minimum atomic E-state index is -0.465. The van der Waals surface area contributed by atoms with Gasteiger partial charge in [-0.05, 0) is 31.2 Å². The first kappa shape index (κ1) is 18.5. The van der Waals surface area contributed by atoms with Gasteiger partial charge in [-0.25, -0.2) is 0 Å². The van der Waals surface area contributed by atoms with E-state index >= 15 is 0 Å². The third-order valence-corrected chi connectivity index (χ3v) is 6.58. The molecule has 0 aliphatic carbocycles. The van der Waals surface area contributed by atoms with E-state index in [-0.39, 0.29) is 23.4 Å². The van der Waals surface area contributed by atoms with Crippen molar-refractivity contribution in [1.82, 2.24) is 9.80 Å². The van der Waals surface area contributed by atoms with Crippen LogP contribution in [0.15, 0.2) is 60.7 Å². The monoisotopic (exact) mass is 382 g/mol. The first-order valence-electron chi connectivity index (χ1n) is 9.37. The van der Waals surface area contributed by atoms with Crippen molar-refractivity contribution in [1.29, 1.82) is 0 Å².